The lowest BCUT2D eigenvalue weighted by atomic mass is 10.1. The molecule has 18 heavy (non-hydrogen) atoms. The van der Waals surface area contributed by atoms with Crippen molar-refractivity contribution in [2.45, 2.75) is 21.4 Å². The van der Waals surface area contributed by atoms with Crippen LogP contribution in [0.15, 0.2) is 14.5 Å². The van der Waals surface area contributed by atoms with E-state index < -0.39 is 10.0 Å². The number of primary sulfonamides is 1. The van der Waals surface area contributed by atoms with Gasteiger partial charge in [0.2, 0.25) is 15.9 Å². The molecule has 2 heterocycles. The molecule has 0 aliphatic carbocycles. The smallest absolute Gasteiger partial charge is 0.247 e. The van der Waals surface area contributed by atoms with Crippen LogP contribution in [0, 0.1) is 0 Å². The van der Waals surface area contributed by atoms with E-state index in [2.05, 4.69) is 5.32 Å². The summed E-state index contributed by atoms with van der Waals surface area (Å²) in [5.41, 5.74) is 0.822. The number of carbonyl (C=O) groups is 1. The number of thiophene rings is 1. The Morgan fingerprint density at radius 1 is 1.61 bits per heavy atom. The summed E-state index contributed by atoms with van der Waals surface area (Å²) in [4.78, 5) is 11.2. The minimum Gasteiger partial charge on any atom is -0.348 e. The number of likely N-dealkylation sites (N-methyl/N-ethyl adjacent to an activating group) is 1. The number of fused-ring (bicyclic) bond motifs is 1. The predicted octanol–water partition coefficient (Wildman–Crippen LogP) is 0.525. The van der Waals surface area contributed by atoms with E-state index in [9.17, 15) is 13.2 Å². The highest BCUT2D eigenvalue weighted by Gasteiger charge is 2.29. The van der Waals surface area contributed by atoms with Gasteiger partial charge in [-0.05, 0) is 25.1 Å². The van der Waals surface area contributed by atoms with Gasteiger partial charge in [-0.25, -0.2) is 17.9 Å². The quantitative estimate of drug-likeness (QED) is 0.777. The molecular weight excluding hydrogens is 294 g/mol. The fourth-order valence-corrected chi connectivity index (χ4v) is 5.19. The van der Waals surface area contributed by atoms with Crippen LogP contribution in [0.25, 0.3) is 0 Å². The second-order valence-electron chi connectivity index (χ2n) is 4.01. The molecule has 1 aromatic rings. The summed E-state index contributed by atoms with van der Waals surface area (Å²) < 4.78 is 25.6. The van der Waals surface area contributed by atoms with Gasteiger partial charge in [0.05, 0.1) is 10.3 Å². The lowest BCUT2D eigenvalue weighted by molar-refractivity contribution is -0.119. The van der Waals surface area contributed by atoms with Gasteiger partial charge in [-0.1, -0.05) is 0 Å². The minimum absolute atomic E-state index is 0.130. The summed E-state index contributed by atoms with van der Waals surface area (Å²) in [6.07, 6.45) is 0. The number of rotatable bonds is 2. The number of amides is 1. The Morgan fingerprint density at radius 3 is 2.83 bits per heavy atom. The van der Waals surface area contributed by atoms with Crippen molar-refractivity contribution in [3.05, 3.63) is 11.6 Å². The van der Waals surface area contributed by atoms with Crippen LogP contribution < -0.4 is 10.5 Å². The summed E-state index contributed by atoms with van der Waals surface area (Å²) in [6, 6.07) is 1.35. The fraction of sp³-hybridized carbons (Fsp3) is 0.444. The highest BCUT2D eigenvalue weighted by molar-refractivity contribution is 7.99. The summed E-state index contributed by atoms with van der Waals surface area (Å²) in [5.74, 6) is -0.144. The molecule has 1 aromatic heterocycles. The second-order valence-corrected chi connectivity index (χ2v) is 8.32. The first-order valence-electron chi connectivity index (χ1n) is 5.10. The Kier molecular flexibility index (Phi) is 3.70. The number of nitrogens with zero attached hydrogens (tertiary/aromatic N) is 1. The molecular formula is C9H13N3O3S3. The molecule has 2 rings (SSSR count). The van der Waals surface area contributed by atoms with E-state index in [-0.39, 0.29) is 16.2 Å². The molecule has 0 fully saturated rings. The van der Waals surface area contributed by atoms with Gasteiger partial charge in [0.1, 0.15) is 4.21 Å². The molecule has 1 atom stereocenters. The number of hydrogen-bond donors (Lipinski definition) is 2. The van der Waals surface area contributed by atoms with Crippen LogP contribution in [0.5, 0.6) is 0 Å². The van der Waals surface area contributed by atoms with E-state index in [4.69, 9.17) is 5.14 Å². The fourth-order valence-electron chi connectivity index (χ4n) is 1.72. The molecule has 0 radical (unpaired) electrons. The van der Waals surface area contributed by atoms with Crippen LogP contribution in [-0.4, -0.2) is 32.2 Å². The van der Waals surface area contributed by atoms with Crippen LogP contribution in [-0.2, 0) is 14.8 Å². The third-order valence-corrected chi connectivity index (χ3v) is 6.12. The highest BCUT2D eigenvalue weighted by Crippen LogP contribution is 2.42. The van der Waals surface area contributed by atoms with Gasteiger partial charge < -0.3 is 5.32 Å². The monoisotopic (exact) mass is 307 g/mol. The van der Waals surface area contributed by atoms with Crippen molar-refractivity contribution in [3.8, 4) is 0 Å². The average Bonchev–Trinajstić information content (AvgIpc) is 2.59. The Hall–Kier alpha value is -0.610. The topological polar surface area (TPSA) is 92.5 Å². The predicted molar refractivity (Wildman–Crippen MR) is 70.7 cm³/mol. The lowest BCUT2D eigenvalue weighted by Gasteiger charge is -2.28. The van der Waals surface area contributed by atoms with Gasteiger partial charge in [0.15, 0.2) is 0 Å². The molecule has 9 heteroatoms. The summed E-state index contributed by atoms with van der Waals surface area (Å²) in [5, 5.41) is 7.93. The van der Waals surface area contributed by atoms with Crippen molar-refractivity contribution in [1.29, 1.82) is 0 Å². The van der Waals surface area contributed by atoms with Gasteiger partial charge >= 0.3 is 0 Å². The summed E-state index contributed by atoms with van der Waals surface area (Å²) >= 11 is 2.59. The molecule has 1 aliphatic rings. The molecule has 6 nitrogen and oxygen atoms in total. The summed E-state index contributed by atoms with van der Waals surface area (Å²) in [6.45, 7) is 2.06. The van der Waals surface area contributed by atoms with E-state index in [0.717, 1.165) is 21.1 Å². The first-order valence-corrected chi connectivity index (χ1v) is 8.23. The first-order chi connectivity index (χ1) is 8.27. The van der Waals surface area contributed by atoms with Crippen molar-refractivity contribution < 1.29 is 13.2 Å². The Bertz CT molecular complexity index is 581. The van der Waals surface area contributed by atoms with Crippen molar-refractivity contribution >= 4 is 39.2 Å². The van der Waals surface area contributed by atoms with Crippen molar-refractivity contribution in [2.75, 3.05) is 13.6 Å². The van der Waals surface area contributed by atoms with Crippen molar-refractivity contribution in [1.82, 2.24) is 9.62 Å². The normalized spacial score (nSPS) is 20.5. The van der Waals surface area contributed by atoms with Crippen LogP contribution in [0.1, 0.15) is 18.5 Å². The molecule has 0 saturated heterocycles. The zero-order valence-corrected chi connectivity index (χ0v) is 12.3. The zero-order valence-electron chi connectivity index (χ0n) is 9.84. The molecule has 0 aromatic carbocycles. The number of hydrogen-bond acceptors (Lipinski definition) is 6. The second kappa shape index (κ2) is 4.82. The molecule has 0 saturated carbocycles. The van der Waals surface area contributed by atoms with Crippen LogP contribution in [0.2, 0.25) is 0 Å². The Balaban J connectivity index is 2.42. The standard InChI is InChI=1S/C9H13N3O3S3/c1-5(13)11-7-4-12(2)17-9-6(7)3-8(16-9)18(10,14)15/h3,7H,4H2,1-2H3,(H,11,13)(H2,10,14,15). The molecule has 0 bridgehead atoms. The Labute approximate surface area is 114 Å². The average molecular weight is 307 g/mol. The number of carbonyl (C=O) groups excluding carboxylic acids is 1. The third-order valence-electron chi connectivity index (χ3n) is 2.41. The van der Waals surface area contributed by atoms with Crippen molar-refractivity contribution in [2.24, 2.45) is 5.14 Å². The zero-order chi connectivity index (χ0) is 13.5. The van der Waals surface area contributed by atoms with Crippen molar-refractivity contribution in [3.63, 3.8) is 0 Å². The van der Waals surface area contributed by atoms with Gasteiger partial charge in [0.25, 0.3) is 0 Å². The minimum atomic E-state index is -3.69. The highest BCUT2D eigenvalue weighted by atomic mass is 32.3. The molecule has 1 unspecified atom stereocenters. The van der Waals surface area contributed by atoms with E-state index in [0.29, 0.717) is 6.54 Å². The van der Waals surface area contributed by atoms with E-state index in [1.54, 1.807) is 6.07 Å². The van der Waals surface area contributed by atoms with Gasteiger partial charge in [-0.3, -0.25) is 4.79 Å². The maximum absolute atomic E-state index is 11.3. The first kappa shape index (κ1) is 13.8. The SMILES string of the molecule is CC(=O)NC1CN(C)Sc2sc(S(N)(=O)=O)cc21. The summed E-state index contributed by atoms with van der Waals surface area (Å²) in [7, 11) is -1.80. The molecule has 1 amide bonds. The molecule has 100 valence electrons. The largest absolute Gasteiger partial charge is 0.348 e. The lowest BCUT2D eigenvalue weighted by Crippen LogP contribution is -2.35. The number of nitrogens with one attached hydrogen (secondary N) is 1. The Morgan fingerprint density at radius 2 is 2.28 bits per heavy atom. The van der Waals surface area contributed by atoms with E-state index in [1.807, 2.05) is 11.4 Å². The maximum atomic E-state index is 11.3. The van der Waals surface area contributed by atoms with Crippen LogP contribution in [0.3, 0.4) is 0 Å². The van der Waals surface area contributed by atoms with E-state index >= 15 is 0 Å². The van der Waals surface area contributed by atoms with Crippen LogP contribution in [0.4, 0.5) is 0 Å². The molecule has 3 N–H and O–H groups in total. The van der Waals surface area contributed by atoms with Gasteiger partial charge in [-0.2, -0.15) is 0 Å². The third kappa shape index (κ3) is 2.86. The van der Waals surface area contributed by atoms with Gasteiger partial charge in [-0.15, -0.1) is 11.3 Å². The molecule has 0 spiro atoms. The molecule has 1 aliphatic heterocycles. The van der Waals surface area contributed by atoms with Crippen LogP contribution >= 0.6 is 23.3 Å². The maximum Gasteiger partial charge on any atom is 0.247 e. The number of sulfonamides is 1. The van der Waals surface area contributed by atoms with E-state index in [1.165, 1.54) is 18.9 Å². The number of nitrogens with two attached hydrogens (primary N) is 1. The van der Waals surface area contributed by atoms with Gasteiger partial charge in [0, 0.05) is 19.0 Å².